The van der Waals surface area contributed by atoms with Gasteiger partial charge in [0.15, 0.2) is 0 Å². The number of carbonyl (C=O) groups is 2. The first-order valence-corrected chi connectivity index (χ1v) is 6.60. The van der Waals surface area contributed by atoms with E-state index < -0.39 is 11.4 Å². The summed E-state index contributed by atoms with van der Waals surface area (Å²) in [5.41, 5.74) is -0.653. The lowest BCUT2D eigenvalue weighted by Gasteiger charge is -2.24. The van der Waals surface area contributed by atoms with E-state index in [9.17, 15) is 14.7 Å². The molecule has 2 N–H and O–H groups in total. The number of carboxylic acids is 1. The number of hydrogen-bond donors (Lipinski definition) is 2. The summed E-state index contributed by atoms with van der Waals surface area (Å²) in [6.07, 6.45) is 1.39. The van der Waals surface area contributed by atoms with E-state index in [0.717, 1.165) is 0 Å². The van der Waals surface area contributed by atoms with Crippen molar-refractivity contribution in [2.24, 2.45) is 0 Å². The monoisotopic (exact) mass is 287 g/mol. The molecule has 1 atom stereocenters. The van der Waals surface area contributed by atoms with Crippen LogP contribution in [0.3, 0.4) is 0 Å². The van der Waals surface area contributed by atoms with Crippen molar-refractivity contribution in [2.45, 2.75) is 25.3 Å². The molecule has 21 heavy (non-hydrogen) atoms. The Kier molecular flexibility index (Phi) is 4.42. The molecule has 1 heterocycles. The minimum absolute atomic E-state index is 0.132. The Morgan fingerprint density at radius 3 is 2.48 bits per heavy atom. The second kappa shape index (κ2) is 6.26. The van der Waals surface area contributed by atoms with Gasteiger partial charge in [-0.2, -0.15) is 0 Å². The molecule has 0 aliphatic heterocycles. The lowest BCUT2D eigenvalue weighted by Crippen LogP contribution is -2.38. The van der Waals surface area contributed by atoms with Crippen molar-refractivity contribution in [2.75, 3.05) is 0 Å². The van der Waals surface area contributed by atoms with Gasteiger partial charge in [-0.15, -0.1) is 0 Å². The van der Waals surface area contributed by atoms with Crippen LogP contribution in [0, 0.1) is 0 Å². The van der Waals surface area contributed by atoms with Gasteiger partial charge in [0.05, 0.1) is 18.2 Å². The molecule has 5 heteroatoms. The Hall–Kier alpha value is -2.56. The molecule has 1 aromatic heterocycles. The number of nitrogens with one attached hydrogen (secondary N) is 1. The van der Waals surface area contributed by atoms with Crippen molar-refractivity contribution in [1.29, 1.82) is 0 Å². The molecular weight excluding hydrogens is 270 g/mol. The summed E-state index contributed by atoms with van der Waals surface area (Å²) >= 11 is 0. The smallest absolute Gasteiger partial charge is 0.314 e. The Morgan fingerprint density at radius 2 is 1.90 bits per heavy atom. The molecular formula is C16H17NO4. The molecule has 1 unspecified atom stereocenters. The highest BCUT2D eigenvalue weighted by Gasteiger charge is 2.37. The van der Waals surface area contributed by atoms with Crippen LogP contribution in [0.15, 0.2) is 53.1 Å². The first-order chi connectivity index (χ1) is 10.0. The molecule has 0 aliphatic carbocycles. The molecule has 0 fully saturated rings. The van der Waals surface area contributed by atoms with Gasteiger partial charge in [-0.3, -0.25) is 9.59 Å². The van der Waals surface area contributed by atoms with Crippen LogP contribution in [0.5, 0.6) is 0 Å². The zero-order chi connectivity index (χ0) is 15.3. The van der Waals surface area contributed by atoms with E-state index in [0.29, 0.717) is 11.3 Å². The van der Waals surface area contributed by atoms with Crippen LogP contribution in [0.4, 0.5) is 0 Å². The van der Waals surface area contributed by atoms with Crippen LogP contribution in [-0.2, 0) is 21.5 Å². The normalized spacial score (nSPS) is 13.4. The van der Waals surface area contributed by atoms with E-state index in [1.807, 2.05) is 6.07 Å². The molecule has 1 amide bonds. The highest BCUT2D eigenvalue weighted by atomic mass is 16.4. The predicted octanol–water partition coefficient (Wildman–Crippen LogP) is 2.33. The molecule has 1 aromatic carbocycles. The average molecular weight is 287 g/mol. The number of amides is 1. The van der Waals surface area contributed by atoms with Crippen LogP contribution in [0.25, 0.3) is 0 Å². The lowest BCUT2D eigenvalue weighted by atomic mass is 9.79. The number of rotatable bonds is 6. The maximum absolute atomic E-state index is 12.0. The summed E-state index contributed by atoms with van der Waals surface area (Å²) in [6.45, 7) is 1.80. The van der Waals surface area contributed by atoms with Gasteiger partial charge in [0.25, 0.3) is 0 Å². The number of furan rings is 1. The fourth-order valence-corrected chi connectivity index (χ4v) is 2.09. The molecule has 0 saturated heterocycles. The fourth-order valence-electron chi connectivity index (χ4n) is 2.09. The van der Waals surface area contributed by atoms with Crippen molar-refractivity contribution in [1.82, 2.24) is 5.32 Å². The molecule has 2 rings (SSSR count). The molecule has 0 bridgehead atoms. The molecule has 0 radical (unpaired) electrons. The van der Waals surface area contributed by atoms with Crippen molar-refractivity contribution < 1.29 is 19.1 Å². The van der Waals surface area contributed by atoms with E-state index in [2.05, 4.69) is 5.32 Å². The van der Waals surface area contributed by atoms with Crippen molar-refractivity contribution >= 4 is 11.9 Å². The summed E-state index contributed by atoms with van der Waals surface area (Å²) < 4.78 is 5.12. The third-order valence-corrected chi connectivity index (χ3v) is 3.44. The van der Waals surface area contributed by atoms with Gasteiger partial charge in [-0.1, -0.05) is 30.3 Å². The van der Waals surface area contributed by atoms with E-state index in [-0.39, 0.29) is 18.9 Å². The van der Waals surface area contributed by atoms with Crippen molar-refractivity contribution in [3.8, 4) is 0 Å². The van der Waals surface area contributed by atoms with Crippen LogP contribution in [0.2, 0.25) is 0 Å². The maximum Gasteiger partial charge on any atom is 0.314 e. The number of carbonyl (C=O) groups excluding carboxylic acids is 1. The molecule has 5 nitrogen and oxygen atoms in total. The topological polar surface area (TPSA) is 79.5 Å². The summed E-state index contributed by atoms with van der Waals surface area (Å²) in [5.74, 6) is -0.734. The lowest BCUT2D eigenvalue weighted by molar-refractivity contribution is -0.145. The average Bonchev–Trinajstić information content (AvgIpc) is 2.99. The number of hydrogen-bond acceptors (Lipinski definition) is 3. The van der Waals surface area contributed by atoms with E-state index in [4.69, 9.17) is 4.42 Å². The predicted molar refractivity (Wildman–Crippen MR) is 76.6 cm³/mol. The number of aliphatic carboxylic acids is 1. The van der Waals surface area contributed by atoms with Gasteiger partial charge in [0.1, 0.15) is 5.76 Å². The number of benzene rings is 1. The summed E-state index contributed by atoms with van der Waals surface area (Å²) in [4.78, 5) is 23.6. The van der Waals surface area contributed by atoms with Gasteiger partial charge in [0, 0.05) is 6.42 Å². The minimum atomic E-state index is -1.26. The summed E-state index contributed by atoms with van der Waals surface area (Å²) in [7, 11) is 0. The zero-order valence-electron chi connectivity index (χ0n) is 11.7. The van der Waals surface area contributed by atoms with Crippen molar-refractivity contribution in [3.63, 3.8) is 0 Å². The Balaban J connectivity index is 2.06. The number of carboxylic acid groups (broad SMARTS) is 1. The highest BCUT2D eigenvalue weighted by Crippen LogP contribution is 2.28. The Labute approximate surface area is 122 Å². The van der Waals surface area contributed by atoms with Gasteiger partial charge in [0.2, 0.25) is 5.91 Å². The van der Waals surface area contributed by atoms with E-state index >= 15 is 0 Å². The fraction of sp³-hybridized carbons (Fsp3) is 0.250. The van der Waals surface area contributed by atoms with E-state index in [1.54, 1.807) is 43.3 Å². The maximum atomic E-state index is 12.0. The second-order valence-corrected chi connectivity index (χ2v) is 5.04. The third-order valence-electron chi connectivity index (χ3n) is 3.44. The standard InChI is InChI=1S/C16H17NO4/c1-16(15(19)20,12-6-3-2-4-7-12)10-14(18)17-11-13-8-5-9-21-13/h2-9H,10-11H2,1H3,(H,17,18)(H,19,20). The van der Waals surface area contributed by atoms with Crippen LogP contribution < -0.4 is 5.32 Å². The van der Waals surface area contributed by atoms with Gasteiger partial charge >= 0.3 is 5.97 Å². The van der Waals surface area contributed by atoms with Crippen molar-refractivity contribution in [3.05, 3.63) is 60.1 Å². The Bertz CT molecular complexity index is 606. The summed E-state index contributed by atoms with van der Waals surface area (Å²) in [5, 5.41) is 12.2. The first-order valence-electron chi connectivity index (χ1n) is 6.60. The quantitative estimate of drug-likeness (QED) is 0.854. The minimum Gasteiger partial charge on any atom is -0.481 e. The SMILES string of the molecule is CC(CC(=O)NCc1ccco1)(C(=O)O)c1ccccc1. The molecule has 0 saturated carbocycles. The summed E-state index contributed by atoms with van der Waals surface area (Å²) in [6, 6.07) is 12.2. The zero-order valence-corrected chi connectivity index (χ0v) is 11.7. The van der Waals surface area contributed by atoms with Gasteiger partial charge in [-0.05, 0) is 24.6 Å². The largest absolute Gasteiger partial charge is 0.481 e. The molecule has 0 aliphatic rings. The van der Waals surface area contributed by atoms with Crippen LogP contribution in [0.1, 0.15) is 24.7 Å². The Morgan fingerprint density at radius 1 is 1.19 bits per heavy atom. The van der Waals surface area contributed by atoms with Gasteiger partial charge < -0.3 is 14.8 Å². The van der Waals surface area contributed by atoms with Crippen LogP contribution >= 0.6 is 0 Å². The highest BCUT2D eigenvalue weighted by molar-refractivity contribution is 5.89. The van der Waals surface area contributed by atoms with Gasteiger partial charge in [-0.25, -0.2) is 0 Å². The third kappa shape index (κ3) is 3.51. The molecule has 110 valence electrons. The molecule has 2 aromatic rings. The first kappa shape index (κ1) is 14.8. The second-order valence-electron chi connectivity index (χ2n) is 5.04. The van der Waals surface area contributed by atoms with E-state index in [1.165, 1.54) is 6.26 Å². The molecule has 0 spiro atoms. The van der Waals surface area contributed by atoms with Crippen LogP contribution in [-0.4, -0.2) is 17.0 Å².